The zero-order valence-corrected chi connectivity index (χ0v) is 34.4. The zero-order chi connectivity index (χ0) is 39.9. The van der Waals surface area contributed by atoms with Crippen molar-refractivity contribution in [2.75, 3.05) is 46.9 Å². The molecule has 0 saturated heterocycles. The fourth-order valence-electron chi connectivity index (χ4n) is 7.76. The molecule has 0 N–H and O–H groups in total. The van der Waals surface area contributed by atoms with Crippen LogP contribution in [0.2, 0.25) is 0 Å². The summed E-state index contributed by atoms with van der Waals surface area (Å²) < 4.78 is 13.8. The highest BCUT2D eigenvalue weighted by Crippen LogP contribution is 2.36. The Morgan fingerprint density at radius 3 is 2.23 bits per heavy atom. The van der Waals surface area contributed by atoms with Gasteiger partial charge in [-0.2, -0.15) is 0 Å². The number of likely N-dealkylation sites (N-methyl/N-ethyl adjacent to an activating group) is 1. The molecule has 0 radical (unpaired) electrons. The topological polar surface area (TPSA) is 87.6 Å². The molecule has 1 atom stereocenters. The first-order chi connectivity index (χ1) is 27.0. The Morgan fingerprint density at radius 2 is 1.52 bits per heavy atom. The molecule has 4 aromatic rings. The summed E-state index contributed by atoms with van der Waals surface area (Å²) in [5.41, 5.74) is 8.18. The van der Waals surface area contributed by atoms with Gasteiger partial charge in [0.25, 0.3) is 11.8 Å². The lowest BCUT2D eigenvalue weighted by atomic mass is 9.90. The van der Waals surface area contributed by atoms with Crippen LogP contribution in [-0.2, 0) is 33.0 Å². The summed E-state index contributed by atoms with van der Waals surface area (Å²) in [5, 5.41) is 0. The minimum Gasteiger partial charge on any atom is -0.492 e. The Bertz CT molecular complexity index is 2030. The summed E-state index contributed by atoms with van der Waals surface area (Å²) in [6, 6.07) is 21.6. The normalized spacial score (nSPS) is 15.0. The summed E-state index contributed by atoms with van der Waals surface area (Å²) in [5.74, 6) is 1.04. The average Bonchev–Trinajstić information content (AvgIpc) is 3.49. The molecule has 56 heavy (non-hydrogen) atoms. The maximum Gasteiger partial charge on any atom is 0.415 e. The van der Waals surface area contributed by atoms with Crippen LogP contribution in [0.1, 0.15) is 95.1 Å². The van der Waals surface area contributed by atoms with Crippen LogP contribution in [0.15, 0.2) is 66.7 Å². The number of hydrogen-bond donors (Lipinski definition) is 0. The average molecular weight is 762 g/mol. The molecule has 3 amide bonds. The van der Waals surface area contributed by atoms with E-state index in [1.807, 2.05) is 73.1 Å². The highest BCUT2D eigenvalue weighted by atomic mass is 16.6. The second-order valence-electron chi connectivity index (χ2n) is 15.7. The van der Waals surface area contributed by atoms with Crippen LogP contribution in [0.4, 0.5) is 4.79 Å². The van der Waals surface area contributed by atoms with Gasteiger partial charge in [0.05, 0.1) is 5.56 Å². The van der Waals surface area contributed by atoms with Crippen LogP contribution in [0.25, 0.3) is 11.3 Å². The summed E-state index contributed by atoms with van der Waals surface area (Å²) in [7, 11) is 5.96. The van der Waals surface area contributed by atoms with E-state index < -0.39 is 6.09 Å². The van der Waals surface area contributed by atoms with E-state index in [0.29, 0.717) is 55.3 Å². The molecule has 0 aliphatic carbocycles. The van der Waals surface area contributed by atoms with Crippen molar-refractivity contribution < 1.29 is 23.9 Å². The molecule has 2 aliphatic rings. The lowest BCUT2D eigenvalue weighted by Crippen LogP contribution is -2.43. The largest absolute Gasteiger partial charge is 0.492 e. The number of fused-ring (bicyclic) bond motifs is 2. The molecule has 10 nitrogen and oxygen atoms in total. The van der Waals surface area contributed by atoms with Crippen LogP contribution in [0.5, 0.6) is 11.5 Å². The number of carbonyl (C=O) groups is 3. The zero-order valence-electron chi connectivity index (χ0n) is 34.4. The minimum absolute atomic E-state index is 0.00615. The molecule has 0 saturated carbocycles. The smallest absolute Gasteiger partial charge is 0.415 e. The third-order valence-electron chi connectivity index (χ3n) is 11.3. The van der Waals surface area contributed by atoms with Crippen LogP contribution in [0.3, 0.4) is 0 Å². The fraction of sp³-hybridized carbons (Fsp3) is 0.457. The maximum absolute atomic E-state index is 14.9. The SMILES string of the molecule is CCCCN(CCCC)C(=O)c1cc(-c2cc3c(cc2C(=O)N2Cc4ccccc4C[C@H]2C)CN(C(=O)Oc2cccc(OCCN(C)C)c2)CC3)n(C)c1C. The molecule has 3 aromatic carbocycles. The Morgan fingerprint density at radius 1 is 0.804 bits per heavy atom. The van der Waals surface area contributed by atoms with Crippen molar-refractivity contribution >= 4 is 17.9 Å². The molecule has 0 fully saturated rings. The van der Waals surface area contributed by atoms with Crippen molar-refractivity contribution in [3.8, 4) is 22.8 Å². The number of ether oxygens (including phenoxy) is 2. The van der Waals surface area contributed by atoms with E-state index in [4.69, 9.17) is 9.47 Å². The molecule has 3 heterocycles. The Balaban J connectivity index is 1.33. The lowest BCUT2D eigenvalue weighted by Gasteiger charge is -2.36. The first-order valence-corrected chi connectivity index (χ1v) is 20.3. The monoisotopic (exact) mass is 761 g/mol. The van der Waals surface area contributed by atoms with Crippen molar-refractivity contribution in [2.45, 2.75) is 85.4 Å². The van der Waals surface area contributed by atoms with E-state index in [1.54, 1.807) is 17.0 Å². The quantitative estimate of drug-likeness (QED) is 0.129. The first-order valence-electron chi connectivity index (χ1n) is 20.3. The van der Waals surface area contributed by atoms with Crippen LogP contribution in [-0.4, -0.2) is 95.0 Å². The molecular formula is C46H59N5O5. The predicted molar refractivity (Wildman–Crippen MR) is 221 cm³/mol. The molecule has 0 bridgehead atoms. The van der Waals surface area contributed by atoms with Crippen LogP contribution in [0, 0.1) is 6.92 Å². The molecule has 298 valence electrons. The molecular weight excluding hydrogens is 703 g/mol. The van der Waals surface area contributed by atoms with E-state index in [2.05, 4.69) is 49.6 Å². The van der Waals surface area contributed by atoms with Gasteiger partial charge < -0.3 is 33.6 Å². The third kappa shape index (κ3) is 9.13. The van der Waals surface area contributed by atoms with Gasteiger partial charge in [-0.1, -0.05) is 57.0 Å². The Hall–Kier alpha value is -5.09. The van der Waals surface area contributed by atoms with Gasteiger partial charge in [0.15, 0.2) is 0 Å². The number of hydrogen-bond acceptors (Lipinski definition) is 6. The van der Waals surface area contributed by atoms with E-state index in [0.717, 1.165) is 85.4 Å². The summed E-state index contributed by atoms with van der Waals surface area (Å²) in [4.78, 5) is 50.3. The highest BCUT2D eigenvalue weighted by Gasteiger charge is 2.33. The van der Waals surface area contributed by atoms with Gasteiger partial charge in [-0.05, 0) is 106 Å². The van der Waals surface area contributed by atoms with Gasteiger partial charge in [-0.25, -0.2) is 4.79 Å². The number of nitrogens with zero attached hydrogens (tertiary/aromatic N) is 5. The van der Waals surface area contributed by atoms with Gasteiger partial charge >= 0.3 is 6.09 Å². The number of benzene rings is 3. The Labute approximate surface area is 333 Å². The maximum atomic E-state index is 14.9. The number of unbranched alkanes of at least 4 members (excludes halogenated alkanes) is 2. The molecule has 0 spiro atoms. The highest BCUT2D eigenvalue weighted by molar-refractivity contribution is 6.03. The Kier molecular flexibility index (Phi) is 13.2. The van der Waals surface area contributed by atoms with Crippen molar-refractivity contribution in [2.24, 2.45) is 7.05 Å². The molecule has 0 unspecified atom stereocenters. The second kappa shape index (κ2) is 18.2. The van der Waals surface area contributed by atoms with Gasteiger partial charge in [-0.3, -0.25) is 9.59 Å². The van der Waals surface area contributed by atoms with E-state index in [1.165, 1.54) is 5.56 Å². The van der Waals surface area contributed by atoms with Crippen molar-refractivity contribution in [3.63, 3.8) is 0 Å². The second-order valence-corrected chi connectivity index (χ2v) is 15.7. The first kappa shape index (κ1) is 40.6. The standard InChI is InChI=1S/C46H59N5O5/c1-8-10-20-49(21-11-9-2)44(52)40-29-43(48(7)33(40)4)41-26-35-19-22-50(46(54)56-39-18-14-17-38(28-39)55-24-23-47(5)6)30-37(35)27-42(41)45(53)51-31-36-16-13-12-15-34(36)25-32(51)3/h12-18,26-29,32H,8-11,19-25,30-31H2,1-7H3/t32-/m1/s1. The number of carbonyl (C=O) groups excluding carboxylic acids is 3. The number of aromatic nitrogens is 1. The molecule has 10 heteroatoms. The van der Waals surface area contributed by atoms with Crippen LogP contribution < -0.4 is 9.47 Å². The molecule has 6 rings (SSSR count). The van der Waals surface area contributed by atoms with Gasteiger partial charge in [0.1, 0.15) is 18.1 Å². The van der Waals surface area contributed by atoms with Crippen LogP contribution >= 0.6 is 0 Å². The van der Waals surface area contributed by atoms with Gasteiger partial charge in [-0.15, -0.1) is 0 Å². The van der Waals surface area contributed by atoms with Crippen molar-refractivity contribution in [1.29, 1.82) is 0 Å². The van der Waals surface area contributed by atoms with Crippen molar-refractivity contribution in [3.05, 3.63) is 106 Å². The van der Waals surface area contributed by atoms with Gasteiger partial charge in [0, 0.05) is 80.9 Å². The third-order valence-corrected chi connectivity index (χ3v) is 11.3. The van der Waals surface area contributed by atoms with Gasteiger partial charge in [0.2, 0.25) is 0 Å². The predicted octanol–water partition coefficient (Wildman–Crippen LogP) is 8.13. The van der Waals surface area contributed by atoms with E-state index in [-0.39, 0.29) is 17.9 Å². The fourth-order valence-corrected chi connectivity index (χ4v) is 7.76. The van der Waals surface area contributed by atoms with Crippen molar-refractivity contribution in [1.82, 2.24) is 24.2 Å². The molecule has 1 aromatic heterocycles. The van der Waals surface area contributed by atoms with E-state index >= 15 is 0 Å². The van der Waals surface area contributed by atoms with E-state index in [9.17, 15) is 14.4 Å². The summed E-state index contributed by atoms with van der Waals surface area (Å²) >= 11 is 0. The summed E-state index contributed by atoms with van der Waals surface area (Å²) in [6.07, 6.45) is 4.87. The number of amides is 3. The number of rotatable bonds is 14. The summed E-state index contributed by atoms with van der Waals surface area (Å²) in [6.45, 7) is 12.4. The minimum atomic E-state index is -0.448. The molecule has 2 aliphatic heterocycles. The lowest BCUT2D eigenvalue weighted by molar-refractivity contribution is 0.0658.